The smallest absolute Gasteiger partial charge is 0.213 e. The van der Waals surface area contributed by atoms with Gasteiger partial charge >= 0.3 is 0 Å². The summed E-state index contributed by atoms with van der Waals surface area (Å²) in [6, 6.07) is 9.99. The van der Waals surface area contributed by atoms with Crippen LogP contribution in [0.5, 0.6) is 5.88 Å². The summed E-state index contributed by atoms with van der Waals surface area (Å²) in [6.07, 6.45) is 1.81. The van der Waals surface area contributed by atoms with E-state index >= 15 is 0 Å². The topological polar surface area (TPSA) is 22.1 Å². The van der Waals surface area contributed by atoms with Crippen molar-refractivity contribution in [3.63, 3.8) is 0 Å². The summed E-state index contributed by atoms with van der Waals surface area (Å²) in [6.45, 7) is 0. The van der Waals surface area contributed by atoms with Crippen LogP contribution in [0, 0.1) is 0 Å². The van der Waals surface area contributed by atoms with E-state index in [2.05, 4.69) is 4.98 Å². The number of pyridine rings is 1. The lowest BCUT2D eigenvalue weighted by molar-refractivity contribution is 0.399. The third-order valence-electron chi connectivity index (χ3n) is 1.82. The number of nitrogens with zero attached hydrogens (tertiary/aromatic N) is 1. The molecule has 2 heteroatoms. The maximum absolute atomic E-state index is 5.01. The van der Waals surface area contributed by atoms with Crippen molar-refractivity contribution < 1.29 is 4.74 Å². The van der Waals surface area contributed by atoms with Crippen molar-refractivity contribution in [2.75, 3.05) is 7.11 Å². The van der Waals surface area contributed by atoms with Gasteiger partial charge < -0.3 is 4.74 Å². The summed E-state index contributed by atoms with van der Waals surface area (Å²) in [7, 11) is 1.62. The highest BCUT2D eigenvalue weighted by molar-refractivity contribution is 5.82. The van der Waals surface area contributed by atoms with Gasteiger partial charge in [0.05, 0.1) is 7.11 Å². The molecule has 0 spiro atoms. The van der Waals surface area contributed by atoms with Crippen LogP contribution in [-0.2, 0) is 0 Å². The third kappa shape index (κ3) is 1.11. The second kappa shape index (κ2) is 2.81. The third-order valence-corrected chi connectivity index (χ3v) is 1.82. The maximum Gasteiger partial charge on any atom is 0.213 e. The minimum absolute atomic E-state index is 0.661. The van der Waals surface area contributed by atoms with Crippen molar-refractivity contribution in [3.8, 4) is 5.88 Å². The quantitative estimate of drug-likeness (QED) is 0.636. The van der Waals surface area contributed by atoms with Crippen molar-refractivity contribution >= 4 is 10.8 Å². The van der Waals surface area contributed by atoms with Crippen LogP contribution in [0.1, 0.15) is 0 Å². The molecule has 0 fully saturated rings. The normalized spacial score (nSPS) is 10.1. The Morgan fingerprint density at radius 2 is 1.92 bits per heavy atom. The van der Waals surface area contributed by atoms with E-state index in [0.717, 1.165) is 10.8 Å². The molecule has 0 radical (unpaired) electrons. The van der Waals surface area contributed by atoms with Gasteiger partial charge in [-0.05, 0) is 5.39 Å². The number of methoxy groups -OCH3 is 1. The fourth-order valence-electron chi connectivity index (χ4n) is 1.17. The molecule has 1 heterocycles. The fraction of sp³-hybridized carbons (Fsp3) is 0.100. The first-order valence-corrected chi connectivity index (χ1v) is 3.79. The summed E-state index contributed by atoms with van der Waals surface area (Å²) in [5.41, 5.74) is 0. The molecular formula is C10H9NO. The number of benzene rings is 1. The lowest BCUT2D eigenvalue weighted by Crippen LogP contribution is -1.85. The SMILES string of the molecule is COc1cc2ccccc2cn1. The molecule has 0 atom stereocenters. The van der Waals surface area contributed by atoms with Gasteiger partial charge in [-0.15, -0.1) is 0 Å². The zero-order valence-corrected chi connectivity index (χ0v) is 6.82. The lowest BCUT2D eigenvalue weighted by atomic mass is 10.2. The monoisotopic (exact) mass is 159 g/mol. The van der Waals surface area contributed by atoms with Crippen LogP contribution in [0.3, 0.4) is 0 Å². The van der Waals surface area contributed by atoms with Gasteiger partial charge in [0.1, 0.15) is 0 Å². The molecule has 2 rings (SSSR count). The summed E-state index contributed by atoms with van der Waals surface area (Å²) in [5.74, 6) is 0.661. The van der Waals surface area contributed by atoms with E-state index < -0.39 is 0 Å². The molecule has 1 aromatic carbocycles. The van der Waals surface area contributed by atoms with Crippen LogP contribution in [0.4, 0.5) is 0 Å². The predicted molar refractivity (Wildman–Crippen MR) is 48.3 cm³/mol. The average Bonchev–Trinajstić information content (AvgIpc) is 2.17. The summed E-state index contributed by atoms with van der Waals surface area (Å²) >= 11 is 0. The highest BCUT2D eigenvalue weighted by Crippen LogP contribution is 2.16. The number of fused-ring (bicyclic) bond motifs is 1. The molecule has 0 saturated heterocycles. The van der Waals surface area contributed by atoms with E-state index in [1.165, 1.54) is 0 Å². The maximum atomic E-state index is 5.01. The first-order valence-electron chi connectivity index (χ1n) is 3.79. The second-order valence-electron chi connectivity index (χ2n) is 2.57. The van der Waals surface area contributed by atoms with Gasteiger partial charge in [-0.1, -0.05) is 24.3 Å². The van der Waals surface area contributed by atoms with Crippen LogP contribution in [-0.4, -0.2) is 12.1 Å². The van der Waals surface area contributed by atoms with Crippen LogP contribution in [0.25, 0.3) is 10.8 Å². The number of hydrogen-bond acceptors (Lipinski definition) is 2. The molecule has 0 saturated carbocycles. The first-order chi connectivity index (χ1) is 5.90. The lowest BCUT2D eigenvalue weighted by Gasteiger charge is -1.99. The van der Waals surface area contributed by atoms with Crippen molar-refractivity contribution in [1.82, 2.24) is 4.98 Å². The Labute approximate surface area is 70.8 Å². The van der Waals surface area contributed by atoms with Crippen molar-refractivity contribution in [2.45, 2.75) is 0 Å². The molecule has 2 aromatic rings. The zero-order valence-electron chi connectivity index (χ0n) is 6.82. The van der Waals surface area contributed by atoms with E-state index in [4.69, 9.17) is 4.74 Å². The Balaban J connectivity index is 2.67. The molecule has 0 N–H and O–H groups in total. The van der Waals surface area contributed by atoms with Crippen LogP contribution in [0.15, 0.2) is 36.5 Å². The Bertz CT molecular complexity index is 398. The molecule has 0 amide bonds. The zero-order chi connectivity index (χ0) is 8.39. The van der Waals surface area contributed by atoms with Gasteiger partial charge in [-0.2, -0.15) is 0 Å². The summed E-state index contributed by atoms with van der Waals surface area (Å²) in [4.78, 5) is 4.10. The van der Waals surface area contributed by atoms with E-state index in [0.29, 0.717) is 5.88 Å². The molecule has 0 aliphatic heterocycles. The molecular weight excluding hydrogens is 150 g/mol. The Hall–Kier alpha value is -1.57. The van der Waals surface area contributed by atoms with Crippen molar-refractivity contribution in [3.05, 3.63) is 36.5 Å². The minimum Gasteiger partial charge on any atom is -0.481 e. The standard InChI is InChI=1S/C10H9NO/c1-12-10-6-8-4-2-3-5-9(8)7-11-10/h2-7H,1H3. The number of aromatic nitrogens is 1. The molecule has 0 unspecified atom stereocenters. The average molecular weight is 159 g/mol. The number of ether oxygens (including phenoxy) is 1. The van der Waals surface area contributed by atoms with Gasteiger partial charge in [-0.3, -0.25) is 0 Å². The number of hydrogen-bond donors (Lipinski definition) is 0. The van der Waals surface area contributed by atoms with Crippen molar-refractivity contribution in [2.24, 2.45) is 0 Å². The highest BCUT2D eigenvalue weighted by atomic mass is 16.5. The molecule has 0 aliphatic rings. The van der Waals surface area contributed by atoms with Crippen LogP contribution < -0.4 is 4.74 Å². The summed E-state index contributed by atoms with van der Waals surface area (Å²) in [5, 5.41) is 2.29. The largest absolute Gasteiger partial charge is 0.481 e. The fourth-order valence-corrected chi connectivity index (χ4v) is 1.17. The Morgan fingerprint density at radius 1 is 1.17 bits per heavy atom. The number of rotatable bonds is 1. The molecule has 2 nitrogen and oxygen atoms in total. The molecule has 1 aromatic heterocycles. The van der Waals surface area contributed by atoms with Gasteiger partial charge in [0.15, 0.2) is 0 Å². The van der Waals surface area contributed by atoms with E-state index in [-0.39, 0.29) is 0 Å². The van der Waals surface area contributed by atoms with Gasteiger partial charge in [-0.25, -0.2) is 4.98 Å². The van der Waals surface area contributed by atoms with Crippen molar-refractivity contribution in [1.29, 1.82) is 0 Å². The Morgan fingerprint density at radius 3 is 2.67 bits per heavy atom. The van der Waals surface area contributed by atoms with Gasteiger partial charge in [0, 0.05) is 17.6 Å². The highest BCUT2D eigenvalue weighted by Gasteiger charge is 1.94. The first kappa shape index (κ1) is 7.10. The van der Waals surface area contributed by atoms with Crippen LogP contribution in [0.2, 0.25) is 0 Å². The molecule has 60 valence electrons. The van der Waals surface area contributed by atoms with Crippen LogP contribution >= 0.6 is 0 Å². The predicted octanol–water partition coefficient (Wildman–Crippen LogP) is 2.24. The second-order valence-corrected chi connectivity index (χ2v) is 2.57. The van der Waals surface area contributed by atoms with E-state index in [1.54, 1.807) is 7.11 Å². The Kier molecular flexibility index (Phi) is 1.67. The summed E-state index contributed by atoms with van der Waals surface area (Å²) < 4.78 is 5.01. The molecule has 0 aliphatic carbocycles. The molecule has 12 heavy (non-hydrogen) atoms. The van der Waals surface area contributed by atoms with Gasteiger partial charge in [0.25, 0.3) is 0 Å². The molecule has 0 bridgehead atoms. The van der Waals surface area contributed by atoms with E-state index in [9.17, 15) is 0 Å². The van der Waals surface area contributed by atoms with E-state index in [1.807, 2.05) is 36.5 Å². The van der Waals surface area contributed by atoms with Gasteiger partial charge in [0.2, 0.25) is 5.88 Å². The minimum atomic E-state index is 0.661.